The minimum atomic E-state index is -0.335. The molecule has 0 aliphatic rings. The van der Waals surface area contributed by atoms with Crippen molar-refractivity contribution in [2.45, 2.75) is 39.3 Å². The number of anilines is 1. The largest absolute Gasteiger partial charge is 0.325 e. The van der Waals surface area contributed by atoms with Crippen LogP contribution in [-0.2, 0) is 10.3 Å². The fourth-order valence-electron chi connectivity index (χ4n) is 2.09. The number of thiazole rings is 1. The van der Waals surface area contributed by atoms with Gasteiger partial charge in [-0.3, -0.25) is 10.1 Å². The number of carbonyl (C=O) groups excluding carboxylic acids is 1. The van der Waals surface area contributed by atoms with Crippen LogP contribution in [0, 0.1) is 6.92 Å². The number of nitrogens with one attached hydrogen (secondary N) is 2. The Bertz CT molecular complexity index is 590. The summed E-state index contributed by atoms with van der Waals surface area (Å²) in [5, 5.41) is 9.15. The van der Waals surface area contributed by atoms with Crippen molar-refractivity contribution in [1.29, 1.82) is 0 Å². The first kappa shape index (κ1) is 15.7. The second kappa shape index (κ2) is 6.37. The second-order valence-corrected chi connectivity index (χ2v) is 6.58. The summed E-state index contributed by atoms with van der Waals surface area (Å²) in [5.41, 5.74) is 1.65. The summed E-state index contributed by atoms with van der Waals surface area (Å²) < 4.78 is 0. The number of hydrogen-bond donors (Lipinski definition) is 2. The third-order valence-corrected chi connectivity index (χ3v) is 4.35. The Labute approximate surface area is 129 Å². The molecule has 0 aliphatic heterocycles. The van der Waals surface area contributed by atoms with Crippen molar-refractivity contribution in [3.05, 3.63) is 46.4 Å². The van der Waals surface area contributed by atoms with Gasteiger partial charge in [-0.25, -0.2) is 4.98 Å². The van der Waals surface area contributed by atoms with E-state index in [2.05, 4.69) is 15.6 Å². The van der Waals surface area contributed by atoms with Gasteiger partial charge in [0.15, 0.2) is 0 Å². The van der Waals surface area contributed by atoms with Gasteiger partial charge in [-0.05, 0) is 39.8 Å². The third kappa shape index (κ3) is 4.12. The normalized spacial score (nSPS) is 13.0. The maximum Gasteiger partial charge on any atom is 0.241 e. The first-order valence-electron chi connectivity index (χ1n) is 6.94. The van der Waals surface area contributed by atoms with Crippen molar-refractivity contribution in [2.24, 2.45) is 0 Å². The van der Waals surface area contributed by atoms with Gasteiger partial charge in [0.05, 0.1) is 11.6 Å². The molecular weight excluding hydrogens is 282 g/mol. The second-order valence-electron chi connectivity index (χ2n) is 5.68. The van der Waals surface area contributed by atoms with E-state index in [0.717, 1.165) is 10.7 Å². The lowest BCUT2D eigenvalue weighted by Crippen LogP contribution is -2.47. The van der Waals surface area contributed by atoms with Gasteiger partial charge in [-0.15, -0.1) is 11.3 Å². The molecule has 1 atom stereocenters. The van der Waals surface area contributed by atoms with Gasteiger partial charge in [-0.2, -0.15) is 0 Å². The topological polar surface area (TPSA) is 54.0 Å². The highest BCUT2D eigenvalue weighted by molar-refractivity contribution is 7.09. The van der Waals surface area contributed by atoms with Gasteiger partial charge in [0.2, 0.25) is 5.91 Å². The lowest BCUT2D eigenvalue weighted by Gasteiger charge is -2.27. The number of nitrogens with zero attached hydrogens (tertiary/aromatic N) is 1. The first-order chi connectivity index (χ1) is 9.88. The predicted molar refractivity (Wildman–Crippen MR) is 87.5 cm³/mol. The number of hydrogen-bond acceptors (Lipinski definition) is 4. The molecule has 0 bridgehead atoms. The fraction of sp³-hybridized carbons (Fsp3) is 0.375. The molecule has 0 spiro atoms. The SMILES string of the molecule is Cc1ccc(NC(=O)C(C)NC(C)(C)c2nccs2)cc1. The molecular formula is C16H21N3OS. The molecule has 1 amide bonds. The van der Waals surface area contributed by atoms with Crippen LogP contribution in [0.3, 0.4) is 0 Å². The van der Waals surface area contributed by atoms with E-state index in [-0.39, 0.29) is 17.5 Å². The average molecular weight is 303 g/mol. The summed E-state index contributed by atoms with van der Waals surface area (Å²) in [6, 6.07) is 7.46. The molecule has 1 heterocycles. The summed E-state index contributed by atoms with van der Waals surface area (Å²) in [5.74, 6) is -0.0523. The average Bonchev–Trinajstić information content (AvgIpc) is 2.95. The van der Waals surface area contributed by atoms with E-state index < -0.39 is 0 Å². The summed E-state index contributed by atoms with van der Waals surface area (Å²) in [6.45, 7) is 7.94. The van der Waals surface area contributed by atoms with Crippen LogP contribution in [0.5, 0.6) is 0 Å². The molecule has 112 valence electrons. The van der Waals surface area contributed by atoms with Gasteiger partial charge in [0.25, 0.3) is 0 Å². The molecule has 0 fully saturated rings. The Hall–Kier alpha value is -1.72. The summed E-state index contributed by atoms with van der Waals surface area (Å²) in [6.07, 6.45) is 1.78. The third-order valence-electron chi connectivity index (χ3n) is 3.26. The fourth-order valence-corrected chi connectivity index (χ4v) is 2.81. The molecule has 0 saturated carbocycles. The molecule has 1 aromatic heterocycles. The van der Waals surface area contributed by atoms with Gasteiger partial charge in [0.1, 0.15) is 5.01 Å². The summed E-state index contributed by atoms with van der Waals surface area (Å²) in [4.78, 5) is 16.6. The number of carbonyl (C=O) groups is 1. The number of amides is 1. The number of rotatable bonds is 5. The van der Waals surface area contributed by atoms with Gasteiger partial charge >= 0.3 is 0 Å². The Kier molecular flexibility index (Phi) is 4.75. The summed E-state index contributed by atoms with van der Waals surface area (Å²) >= 11 is 1.58. The molecule has 2 N–H and O–H groups in total. The van der Waals surface area contributed by atoms with Crippen molar-refractivity contribution < 1.29 is 4.79 Å². The van der Waals surface area contributed by atoms with E-state index in [4.69, 9.17) is 0 Å². The highest BCUT2D eigenvalue weighted by atomic mass is 32.1. The maximum atomic E-state index is 12.3. The number of aryl methyl sites for hydroxylation is 1. The van der Waals surface area contributed by atoms with Crippen LogP contribution >= 0.6 is 11.3 Å². The molecule has 0 aliphatic carbocycles. The Balaban J connectivity index is 1.98. The zero-order chi connectivity index (χ0) is 15.5. The molecule has 1 unspecified atom stereocenters. The molecule has 2 rings (SSSR count). The van der Waals surface area contributed by atoms with Crippen molar-refractivity contribution in [3.8, 4) is 0 Å². The van der Waals surface area contributed by atoms with Gasteiger partial charge in [-0.1, -0.05) is 17.7 Å². The molecule has 0 saturated heterocycles. The smallest absolute Gasteiger partial charge is 0.241 e. The monoisotopic (exact) mass is 303 g/mol. The molecule has 1 aromatic carbocycles. The van der Waals surface area contributed by atoms with Crippen molar-refractivity contribution in [1.82, 2.24) is 10.3 Å². The van der Waals surface area contributed by atoms with E-state index >= 15 is 0 Å². The van der Waals surface area contributed by atoms with Crippen LogP contribution in [0.15, 0.2) is 35.8 Å². The molecule has 0 radical (unpaired) electrons. The van der Waals surface area contributed by atoms with Gasteiger partial charge < -0.3 is 5.32 Å². The standard InChI is InChI=1S/C16H21N3OS/c1-11-5-7-13(8-6-11)18-14(20)12(2)19-16(3,4)15-17-9-10-21-15/h5-10,12,19H,1-4H3,(H,18,20). The number of benzene rings is 1. The van der Waals surface area contributed by atoms with Crippen LogP contribution in [0.2, 0.25) is 0 Å². The minimum absolute atomic E-state index is 0.0523. The van der Waals surface area contributed by atoms with Crippen LogP contribution in [0.1, 0.15) is 31.3 Å². The van der Waals surface area contributed by atoms with E-state index in [1.807, 2.05) is 57.3 Å². The molecule has 5 heteroatoms. The van der Waals surface area contributed by atoms with Crippen molar-refractivity contribution >= 4 is 22.9 Å². The van der Waals surface area contributed by atoms with Crippen LogP contribution < -0.4 is 10.6 Å². The minimum Gasteiger partial charge on any atom is -0.325 e. The highest BCUT2D eigenvalue weighted by Crippen LogP contribution is 2.22. The number of aromatic nitrogens is 1. The Morgan fingerprint density at radius 1 is 1.29 bits per heavy atom. The van der Waals surface area contributed by atoms with E-state index in [1.54, 1.807) is 17.5 Å². The van der Waals surface area contributed by atoms with Crippen LogP contribution in [0.4, 0.5) is 5.69 Å². The van der Waals surface area contributed by atoms with Crippen LogP contribution in [0.25, 0.3) is 0 Å². The maximum absolute atomic E-state index is 12.3. The van der Waals surface area contributed by atoms with Crippen molar-refractivity contribution in [2.75, 3.05) is 5.32 Å². The lowest BCUT2D eigenvalue weighted by molar-refractivity contribution is -0.118. The lowest BCUT2D eigenvalue weighted by atomic mass is 10.1. The van der Waals surface area contributed by atoms with E-state index in [9.17, 15) is 4.79 Å². The molecule has 4 nitrogen and oxygen atoms in total. The predicted octanol–water partition coefficient (Wildman–Crippen LogP) is 3.30. The summed E-state index contributed by atoms with van der Waals surface area (Å²) in [7, 11) is 0. The zero-order valence-corrected chi connectivity index (χ0v) is 13.6. The van der Waals surface area contributed by atoms with Gasteiger partial charge in [0, 0.05) is 17.3 Å². The van der Waals surface area contributed by atoms with Crippen LogP contribution in [-0.4, -0.2) is 16.9 Å². The quantitative estimate of drug-likeness (QED) is 0.891. The Morgan fingerprint density at radius 2 is 1.95 bits per heavy atom. The van der Waals surface area contributed by atoms with E-state index in [0.29, 0.717) is 0 Å². The van der Waals surface area contributed by atoms with E-state index in [1.165, 1.54) is 5.56 Å². The first-order valence-corrected chi connectivity index (χ1v) is 7.81. The molecule has 2 aromatic rings. The molecule has 21 heavy (non-hydrogen) atoms. The zero-order valence-electron chi connectivity index (χ0n) is 12.8. The Morgan fingerprint density at radius 3 is 2.52 bits per heavy atom. The highest BCUT2D eigenvalue weighted by Gasteiger charge is 2.27. The van der Waals surface area contributed by atoms with Crippen molar-refractivity contribution in [3.63, 3.8) is 0 Å².